The third kappa shape index (κ3) is 4.46. The molecule has 0 atom stereocenters. The van der Waals surface area contributed by atoms with E-state index in [1.165, 1.54) is 5.56 Å². The first-order chi connectivity index (χ1) is 14.9. The number of thioether (sulfide) groups is 1. The minimum Gasteiger partial charge on any atom is -0.477 e. The quantitative estimate of drug-likeness (QED) is 0.316. The molecule has 0 aliphatic heterocycles. The lowest BCUT2D eigenvalue weighted by atomic mass is 10.1. The van der Waals surface area contributed by atoms with Crippen LogP contribution in [0.15, 0.2) is 70.7 Å². The number of nitrogens with zero attached hydrogens (tertiary/aromatic N) is 3. The molecule has 2 aromatic carbocycles. The summed E-state index contributed by atoms with van der Waals surface area (Å²) in [5.74, 6) is -0.367. The molecule has 0 saturated heterocycles. The van der Waals surface area contributed by atoms with Crippen molar-refractivity contribution in [2.24, 2.45) is 0 Å². The van der Waals surface area contributed by atoms with Crippen molar-refractivity contribution < 1.29 is 9.90 Å². The number of H-pyrrole nitrogens is 1. The maximum atomic E-state index is 11.8. The maximum Gasteiger partial charge on any atom is 0.342 e. The molecule has 2 heterocycles. The number of carboxylic acid groups (broad SMARTS) is 1. The summed E-state index contributed by atoms with van der Waals surface area (Å²) in [6.07, 6.45) is 1.68. The van der Waals surface area contributed by atoms with Gasteiger partial charge in [-0.15, -0.1) is 5.10 Å². The Morgan fingerprint density at radius 1 is 1.03 bits per heavy atom. The van der Waals surface area contributed by atoms with Gasteiger partial charge in [-0.2, -0.15) is 0 Å². The van der Waals surface area contributed by atoms with Gasteiger partial charge in [-0.3, -0.25) is 5.10 Å². The molecule has 0 aliphatic rings. The number of aliphatic carboxylic acids is 1. The Kier molecular flexibility index (Phi) is 5.77. The van der Waals surface area contributed by atoms with Crippen LogP contribution >= 0.6 is 11.8 Å². The third-order valence-corrected chi connectivity index (χ3v) is 5.86. The molecule has 4 rings (SSSR count). The van der Waals surface area contributed by atoms with Crippen LogP contribution in [0.25, 0.3) is 22.9 Å². The Morgan fingerprint density at radius 2 is 1.71 bits per heavy atom. The molecule has 7 heteroatoms. The fraction of sp³-hybridized carbons (Fsp3) is 0.125. The molecule has 0 saturated carbocycles. The maximum absolute atomic E-state index is 11.8. The first-order valence-corrected chi connectivity index (χ1v) is 10.6. The summed E-state index contributed by atoms with van der Waals surface area (Å²) in [5, 5.41) is 16.8. The van der Waals surface area contributed by atoms with E-state index in [-0.39, 0.29) is 4.91 Å². The highest BCUT2D eigenvalue weighted by molar-refractivity contribution is 8.04. The van der Waals surface area contributed by atoms with Crippen LogP contribution in [-0.4, -0.2) is 30.8 Å². The van der Waals surface area contributed by atoms with Crippen LogP contribution in [0.3, 0.4) is 0 Å². The molecule has 0 radical (unpaired) electrons. The number of aryl methyl sites for hydroxylation is 2. The van der Waals surface area contributed by atoms with Gasteiger partial charge in [0, 0.05) is 17.1 Å². The lowest BCUT2D eigenvalue weighted by Crippen LogP contribution is -2.00. The van der Waals surface area contributed by atoms with Crippen molar-refractivity contribution in [1.82, 2.24) is 19.7 Å². The molecule has 2 aromatic heterocycles. The van der Waals surface area contributed by atoms with E-state index in [0.29, 0.717) is 11.0 Å². The van der Waals surface area contributed by atoms with Crippen molar-refractivity contribution in [1.29, 1.82) is 0 Å². The zero-order valence-electron chi connectivity index (χ0n) is 17.5. The molecule has 2 N–H and O–H groups in total. The van der Waals surface area contributed by atoms with Crippen molar-refractivity contribution in [3.05, 3.63) is 88.3 Å². The second-order valence-electron chi connectivity index (χ2n) is 7.19. The zero-order valence-corrected chi connectivity index (χ0v) is 18.3. The first-order valence-electron chi connectivity index (χ1n) is 9.79. The fourth-order valence-corrected chi connectivity index (χ4v) is 4.25. The monoisotopic (exact) mass is 430 g/mol. The third-order valence-electron chi connectivity index (χ3n) is 4.98. The van der Waals surface area contributed by atoms with Gasteiger partial charge in [0.25, 0.3) is 0 Å². The van der Waals surface area contributed by atoms with Crippen molar-refractivity contribution in [3.8, 4) is 16.8 Å². The van der Waals surface area contributed by atoms with Gasteiger partial charge < -0.3 is 9.67 Å². The number of aromatic amines is 1. The molecule has 156 valence electrons. The van der Waals surface area contributed by atoms with Crippen molar-refractivity contribution >= 4 is 23.8 Å². The number of hydrogen-bond acceptors (Lipinski definition) is 4. The smallest absolute Gasteiger partial charge is 0.342 e. The highest BCUT2D eigenvalue weighted by Gasteiger charge is 2.16. The minimum absolute atomic E-state index is 0.165. The topological polar surface area (TPSA) is 83.8 Å². The molecule has 6 nitrogen and oxygen atoms in total. The number of nitrogens with one attached hydrogen (secondary N) is 1. The van der Waals surface area contributed by atoms with Gasteiger partial charge in [-0.25, -0.2) is 9.78 Å². The highest BCUT2D eigenvalue weighted by atomic mass is 32.2. The van der Waals surface area contributed by atoms with Gasteiger partial charge in [0.2, 0.25) is 5.16 Å². The van der Waals surface area contributed by atoms with E-state index >= 15 is 0 Å². The molecule has 0 fully saturated rings. The van der Waals surface area contributed by atoms with Crippen LogP contribution in [0.1, 0.15) is 22.8 Å². The summed E-state index contributed by atoms with van der Waals surface area (Å²) in [7, 11) is 0. The van der Waals surface area contributed by atoms with E-state index in [1.807, 2.05) is 38.1 Å². The standard InChI is InChI=1S/C24H22N4O2S/c1-15-13-20(14-22(23(29)30)31-24-25-17(3)26-27-24)16(2)28(15)21-11-9-19(10-12-21)18-7-5-4-6-8-18/h4-14H,1-3H3,(H,29,30)(H,25,26,27)/b22-14-. The zero-order chi connectivity index (χ0) is 22.0. The Morgan fingerprint density at radius 3 is 2.32 bits per heavy atom. The Balaban J connectivity index is 1.66. The molecule has 0 unspecified atom stereocenters. The summed E-state index contributed by atoms with van der Waals surface area (Å²) in [6.45, 7) is 5.78. The summed E-state index contributed by atoms with van der Waals surface area (Å²) in [5.41, 5.74) is 6.20. The number of benzene rings is 2. The van der Waals surface area contributed by atoms with Crippen LogP contribution in [0.5, 0.6) is 0 Å². The molecule has 0 aliphatic carbocycles. The average Bonchev–Trinajstić information content (AvgIpc) is 3.30. The number of aromatic nitrogens is 4. The molecule has 0 spiro atoms. The number of carbonyl (C=O) groups is 1. The summed E-state index contributed by atoms with van der Waals surface area (Å²) >= 11 is 1.03. The minimum atomic E-state index is -1.01. The first kappa shape index (κ1) is 20.7. The fourth-order valence-electron chi connectivity index (χ4n) is 3.51. The van der Waals surface area contributed by atoms with Crippen LogP contribution in [-0.2, 0) is 4.79 Å². The van der Waals surface area contributed by atoms with Crippen LogP contribution in [0.2, 0.25) is 0 Å². The van der Waals surface area contributed by atoms with E-state index in [9.17, 15) is 9.90 Å². The van der Waals surface area contributed by atoms with E-state index in [0.717, 1.165) is 40.0 Å². The average molecular weight is 431 g/mol. The summed E-state index contributed by atoms with van der Waals surface area (Å²) in [4.78, 5) is 16.2. The normalized spacial score (nSPS) is 11.6. The Labute approximate surface area is 184 Å². The summed E-state index contributed by atoms with van der Waals surface area (Å²) in [6, 6.07) is 20.6. The van der Waals surface area contributed by atoms with Crippen molar-refractivity contribution in [2.45, 2.75) is 25.9 Å². The molecule has 4 aromatic rings. The second-order valence-corrected chi connectivity index (χ2v) is 8.20. The predicted octanol–water partition coefficient (Wildman–Crippen LogP) is 5.41. The molecular weight excluding hydrogens is 408 g/mol. The molecule has 0 amide bonds. The van der Waals surface area contributed by atoms with Crippen molar-refractivity contribution in [2.75, 3.05) is 0 Å². The number of carboxylic acids is 1. The van der Waals surface area contributed by atoms with Gasteiger partial charge in [-0.1, -0.05) is 42.5 Å². The van der Waals surface area contributed by atoms with Crippen molar-refractivity contribution in [3.63, 3.8) is 0 Å². The Bertz CT molecular complexity index is 1250. The Hall–Kier alpha value is -3.58. The number of hydrogen-bond donors (Lipinski definition) is 2. The van der Waals surface area contributed by atoms with E-state index in [1.54, 1.807) is 13.0 Å². The lowest BCUT2D eigenvalue weighted by molar-refractivity contribution is -0.131. The van der Waals surface area contributed by atoms with E-state index < -0.39 is 5.97 Å². The van der Waals surface area contributed by atoms with E-state index in [4.69, 9.17) is 0 Å². The van der Waals surface area contributed by atoms with Gasteiger partial charge in [0.1, 0.15) is 10.7 Å². The van der Waals surface area contributed by atoms with E-state index in [2.05, 4.69) is 56.1 Å². The van der Waals surface area contributed by atoms with Gasteiger partial charge >= 0.3 is 5.97 Å². The lowest BCUT2D eigenvalue weighted by Gasteiger charge is -2.11. The van der Waals surface area contributed by atoms with Gasteiger partial charge in [0.15, 0.2) is 0 Å². The molecule has 31 heavy (non-hydrogen) atoms. The van der Waals surface area contributed by atoms with Crippen LogP contribution in [0, 0.1) is 20.8 Å². The van der Waals surface area contributed by atoms with Gasteiger partial charge in [0.05, 0.1) is 0 Å². The number of rotatable bonds is 6. The van der Waals surface area contributed by atoms with Gasteiger partial charge in [-0.05, 0) is 73.5 Å². The summed E-state index contributed by atoms with van der Waals surface area (Å²) < 4.78 is 2.13. The highest BCUT2D eigenvalue weighted by Crippen LogP contribution is 2.29. The molecular formula is C24H22N4O2S. The predicted molar refractivity (Wildman–Crippen MR) is 123 cm³/mol. The molecule has 0 bridgehead atoms. The largest absolute Gasteiger partial charge is 0.477 e. The van der Waals surface area contributed by atoms with Crippen LogP contribution < -0.4 is 0 Å². The SMILES string of the molecule is Cc1nc(S/C(=C\c2cc(C)n(-c3ccc(-c4ccccc4)cc3)c2C)C(=O)O)n[nH]1. The second kappa shape index (κ2) is 8.65. The van der Waals surface area contributed by atoms with Crippen LogP contribution in [0.4, 0.5) is 0 Å².